The molecule has 0 nitrogen and oxygen atoms in total. The van der Waals surface area contributed by atoms with Crippen LogP contribution in [0.25, 0.3) is 0 Å². The fourth-order valence-corrected chi connectivity index (χ4v) is 3.04. The molecule has 1 rings (SSSR count). The van der Waals surface area contributed by atoms with Crippen molar-refractivity contribution in [1.29, 1.82) is 0 Å². The Kier molecular flexibility index (Phi) is 9.46. The maximum atomic E-state index is 4.69. The van der Waals surface area contributed by atoms with Gasteiger partial charge < -0.3 is 0 Å². The van der Waals surface area contributed by atoms with Gasteiger partial charge in [0, 0.05) is 5.25 Å². The molecule has 1 fully saturated rings. The Hall–Kier alpha value is 0.350. The van der Waals surface area contributed by atoms with E-state index in [1.807, 2.05) is 0 Å². The summed E-state index contributed by atoms with van der Waals surface area (Å²) in [4.78, 5) is 0. The van der Waals surface area contributed by atoms with Crippen molar-refractivity contribution in [3.63, 3.8) is 0 Å². The quantitative estimate of drug-likeness (QED) is 0.513. The van der Waals surface area contributed by atoms with Crippen LogP contribution in [-0.4, -0.2) is 5.25 Å². The lowest BCUT2D eigenvalue weighted by Gasteiger charge is -2.09. The van der Waals surface area contributed by atoms with Crippen molar-refractivity contribution in [3.05, 3.63) is 0 Å². The lowest BCUT2D eigenvalue weighted by Crippen LogP contribution is -1.98. The number of hydrogen-bond donors (Lipinski definition) is 1. The van der Waals surface area contributed by atoms with Crippen molar-refractivity contribution >= 4 is 12.6 Å². The standard InChI is InChI=1S/C15H30S/c16-15-13-11-9-7-5-3-1-2-4-6-8-10-12-14-15/h15-16H,1-14H2. The van der Waals surface area contributed by atoms with Gasteiger partial charge in [0.25, 0.3) is 0 Å². The van der Waals surface area contributed by atoms with Crippen molar-refractivity contribution in [1.82, 2.24) is 0 Å². The lowest BCUT2D eigenvalue weighted by molar-refractivity contribution is 0.548. The monoisotopic (exact) mass is 242 g/mol. The molecule has 0 aromatic heterocycles. The Morgan fingerprint density at radius 1 is 0.438 bits per heavy atom. The van der Waals surface area contributed by atoms with Crippen LogP contribution in [0.5, 0.6) is 0 Å². The van der Waals surface area contributed by atoms with Gasteiger partial charge in [-0.05, 0) is 12.8 Å². The van der Waals surface area contributed by atoms with Gasteiger partial charge in [-0.2, -0.15) is 12.6 Å². The minimum atomic E-state index is 0.685. The average molecular weight is 242 g/mol. The number of rotatable bonds is 0. The van der Waals surface area contributed by atoms with E-state index in [-0.39, 0.29) is 0 Å². The van der Waals surface area contributed by atoms with Crippen molar-refractivity contribution in [2.45, 2.75) is 95.1 Å². The second-order valence-corrected chi connectivity index (χ2v) is 6.20. The summed E-state index contributed by atoms with van der Waals surface area (Å²) in [6.45, 7) is 0. The molecule has 16 heavy (non-hydrogen) atoms. The Balaban J connectivity index is 2.10. The van der Waals surface area contributed by atoms with E-state index in [0.29, 0.717) is 5.25 Å². The fraction of sp³-hybridized carbons (Fsp3) is 1.00. The van der Waals surface area contributed by atoms with E-state index in [1.54, 1.807) is 0 Å². The molecular weight excluding hydrogens is 212 g/mol. The maximum Gasteiger partial charge on any atom is 0.00168 e. The predicted molar refractivity (Wildman–Crippen MR) is 77.4 cm³/mol. The molecule has 0 amide bonds. The molecule has 0 aliphatic heterocycles. The molecule has 0 spiro atoms. The summed E-state index contributed by atoms with van der Waals surface area (Å²) in [5.41, 5.74) is 0. The molecule has 1 aliphatic rings. The molecule has 1 heteroatoms. The molecule has 0 unspecified atom stereocenters. The molecule has 0 aromatic carbocycles. The second-order valence-electron chi connectivity index (χ2n) is 5.47. The largest absolute Gasteiger partial charge is 0.176 e. The van der Waals surface area contributed by atoms with Crippen LogP contribution < -0.4 is 0 Å². The Morgan fingerprint density at radius 3 is 1.00 bits per heavy atom. The second kappa shape index (κ2) is 10.5. The molecular formula is C15H30S. The molecule has 0 N–H and O–H groups in total. The zero-order valence-electron chi connectivity index (χ0n) is 10.9. The van der Waals surface area contributed by atoms with Gasteiger partial charge in [0.2, 0.25) is 0 Å². The SMILES string of the molecule is SC1CCCCCCCCCCCCCC1. The molecule has 1 saturated carbocycles. The summed E-state index contributed by atoms with van der Waals surface area (Å²) in [6.07, 6.45) is 20.2. The van der Waals surface area contributed by atoms with Gasteiger partial charge in [0.15, 0.2) is 0 Å². The third-order valence-corrected chi connectivity index (χ3v) is 4.34. The molecule has 0 atom stereocenters. The first-order chi connectivity index (χ1) is 7.89. The van der Waals surface area contributed by atoms with E-state index in [4.69, 9.17) is 12.6 Å². The molecule has 0 saturated heterocycles. The third kappa shape index (κ3) is 8.50. The van der Waals surface area contributed by atoms with E-state index in [9.17, 15) is 0 Å². The Bertz CT molecular complexity index is 128. The van der Waals surface area contributed by atoms with Gasteiger partial charge >= 0.3 is 0 Å². The summed E-state index contributed by atoms with van der Waals surface area (Å²) >= 11 is 4.69. The lowest BCUT2D eigenvalue weighted by atomic mass is 10.0. The van der Waals surface area contributed by atoms with Crippen LogP contribution in [0.1, 0.15) is 89.9 Å². The van der Waals surface area contributed by atoms with Crippen LogP contribution in [0.15, 0.2) is 0 Å². The van der Waals surface area contributed by atoms with Crippen LogP contribution in [0.3, 0.4) is 0 Å². The summed E-state index contributed by atoms with van der Waals surface area (Å²) in [6, 6.07) is 0. The van der Waals surface area contributed by atoms with Gasteiger partial charge in [-0.1, -0.05) is 77.0 Å². The highest BCUT2D eigenvalue weighted by Crippen LogP contribution is 2.19. The van der Waals surface area contributed by atoms with Crippen LogP contribution in [0, 0.1) is 0 Å². The summed E-state index contributed by atoms with van der Waals surface area (Å²) < 4.78 is 0. The smallest absolute Gasteiger partial charge is 0.00168 e. The minimum absolute atomic E-state index is 0.685. The molecule has 0 heterocycles. The van der Waals surface area contributed by atoms with E-state index >= 15 is 0 Å². The average Bonchev–Trinajstić information content (AvgIpc) is 2.29. The number of hydrogen-bond acceptors (Lipinski definition) is 1. The third-order valence-electron chi connectivity index (χ3n) is 3.82. The van der Waals surface area contributed by atoms with Crippen LogP contribution >= 0.6 is 12.6 Å². The minimum Gasteiger partial charge on any atom is -0.176 e. The first-order valence-corrected chi connectivity index (χ1v) is 8.09. The summed E-state index contributed by atoms with van der Waals surface area (Å²) in [5, 5.41) is 0.685. The van der Waals surface area contributed by atoms with Gasteiger partial charge in [-0.25, -0.2) is 0 Å². The van der Waals surface area contributed by atoms with Gasteiger partial charge in [-0.3, -0.25) is 0 Å². The molecule has 96 valence electrons. The fourth-order valence-electron chi connectivity index (χ4n) is 2.67. The highest BCUT2D eigenvalue weighted by Gasteiger charge is 2.03. The normalized spacial score (nSPS) is 24.6. The van der Waals surface area contributed by atoms with E-state index < -0.39 is 0 Å². The van der Waals surface area contributed by atoms with Crippen molar-refractivity contribution in [3.8, 4) is 0 Å². The molecule has 1 aliphatic carbocycles. The zero-order chi connectivity index (χ0) is 11.5. The highest BCUT2D eigenvalue weighted by molar-refractivity contribution is 7.80. The van der Waals surface area contributed by atoms with E-state index in [2.05, 4.69) is 0 Å². The van der Waals surface area contributed by atoms with Gasteiger partial charge in [0.05, 0.1) is 0 Å². The Morgan fingerprint density at radius 2 is 0.688 bits per heavy atom. The number of thiol groups is 1. The molecule has 0 aromatic rings. The van der Waals surface area contributed by atoms with E-state index in [1.165, 1.54) is 89.9 Å². The van der Waals surface area contributed by atoms with E-state index in [0.717, 1.165) is 0 Å². The molecule has 0 bridgehead atoms. The summed E-state index contributed by atoms with van der Waals surface area (Å²) in [7, 11) is 0. The summed E-state index contributed by atoms with van der Waals surface area (Å²) in [5.74, 6) is 0. The van der Waals surface area contributed by atoms with Crippen LogP contribution in [0.4, 0.5) is 0 Å². The van der Waals surface area contributed by atoms with Gasteiger partial charge in [0.1, 0.15) is 0 Å². The topological polar surface area (TPSA) is 0 Å². The van der Waals surface area contributed by atoms with Gasteiger partial charge in [-0.15, -0.1) is 0 Å². The molecule has 0 radical (unpaired) electrons. The van der Waals surface area contributed by atoms with Crippen LogP contribution in [0.2, 0.25) is 0 Å². The van der Waals surface area contributed by atoms with Crippen molar-refractivity contribution in [2.75, 3.05) is 0 Å². The van der Waals surface area contributed by atoms with Crippen LogP contribution in [-0.2, 0) is 0 Å². The first-order valence-electron chi connectivity index (χ1n) is 7.57. The first kappa shape index (κ1) is 14.4. The highest BCUT2D eigenvalue weighted by atomic mass is 32.1. The van der Waals surface area contributed by atoms with Crippen molar-refractivity contribution < 1.29 is 0 Å². The zero-order valence-corrected chi connectivity index (χ0v) is 11.8. The predicted octanol–water partition coefficient (Wildman–Crippen LogP) is 5.76. The Labute approximate surface area is 108 Å². The maximum absolute atomic E-state index is 4.69. The van der Waals surface area contributed by atoms with Crippen molar-refractivity contribution in [2.24, 2.45) is 0 Å².